The van der Waals surface area contributed by atoms with E-state index in [1.807, 2.05) is 0 Å². The molecule has 0 aliphatic carbocycles. The van der Waals surface area contributed by atoms with Gasteiger partial charge in [0.25, 0.3) is 0 Å². The van der Waals surface area contributed by atoms with Crippen LogP contribution in [0.5, 0.6) is 0 Å². The second-order valence-electron chi connectivity index (χ2n) is 4.45. The first kappa shape index (κ1) is 15.9. The van der Waals surface area contributed by atoms with Crippen LogP contribution in [0.15, 0.2) is 0 Å². The SMILES string of the molecule is CC[P+]([B-][P+](CC)(CC)CC)(CC)CC. The predicted molar refractivity (Wildman–Crippen MR) is 82.8 cm³/mol. The van der Waals surface area contributed by atoms with E-state index < -0.39 is 14.3 Å². The van der Waals surface area contributed by atoms with Gasteiger partial charge in [0.1, 0.15) is 0 Å². The van der Waals surface area contributed by atoms with Crippen molar-refractivity contribution in [3.8, 4) is 0 Å². The van der Waals surface area contributed by atoms with Gasteiger partial charge in [0.15, 0.2) is 6.72 Å². The lowest BCUT2D eigenvalue weighted by atomic mass is 10.7. The summed E-state index contributed by atoms with van der Waals surface area (Å²) in [6.07, 6.45) is 8.59. The maximum atomic E-state index is 2.93. The minimum Gasteiger partial charge on any atom is -0.161 e. The summed E-state index contributed by atoms with van der Waals surface area (Å²) in [6.45, 7) is 17.4. The average Bonchev–Trinajstić information content (AvgIpc) is 2.33. The van der Waals surface area contributed by atoms with Crippen molar-refractivity contribution >= 4 is 21.0 Å². The Morgan fingerprint density at radius 2 is 0.733 bits per heavy atom. The summed E-state index contributed by atoms with van der Waals surface area (Å²) in [5.41, 5.74) is 0. The second-order valence-corrected chi connectivity index (χ2v) is 14.0. The molecule has 0 saturated carbocycles. The van der Waals surface area contributed by atoms with Crippen LogP contribution in [0.2, 0.25) is 0 Å². The molecule has 2 radical (unpaired) electrons. The molecule has 0 amide bonds. The zero-order chi connectivity index (χ0) is 11.9. The van der Waals surface area contributed by atoms with E-state index in [0.717, 1.165) is 0 Å². The quantitative estimate of drug-likeness (QED) is 0.431. The molecule has 0 nitrogen and oxygen atoms in total. The Kier molecular flexibility index (Phi) is 7.74. The molecule has 0 aromatic carbocycles. The lowest BCUT2D eigenvalue weighted by Crippen LogP contribution is -2.18. The van der Waals surface area contributed by atoms with Gasteiger partial charge in [-0.1, -0.05) is 0 Å². The Morgan fingerprint density at radius 3 is 0.867 bits per heavy atom. The molecule has 0 aliphatic heterocycles. The van der Waals surface area contributed by atoms with Crippen LogP contribution in [0.1, 0.15) is 41.5 Å². The monoisotopic (exact) mass is 247 g/mol. The zero-order valence-corrected chi connectivity index (χ0v) is 13.5. The van der Waals surface area contributed by atoms with Gasteiger partial charge in [-0.2, -0.15) is 14.3 Å². The summed E-state index contributed by atoms with van der Waals surface area (Å²) in [5, 5.41) is 0. The van der Waals surface area contributed by atoms with E-state index in [1.54, 1.807) is 0 Å². The van der Waals surface area contributed by atoms with Crippen molar-refractivity contribution in [2.24, 2.45) is 0 Å². The van der Waals surface area contributed by atoms with Crippen LogP contribution in [-0.2, 0) is 0 Å². The first-order chi connectivity index (χ1) is 7.07. The van der Waals surface area contributed by atoms with E-state index in [0.29, 0.717) is 0 Å². The van der Waals surface area contributed by atoms with Crippen LogP contribution in [0.3, 0.4) is 0 Å². The van der Waals surface area contributed by atoms with Gasteiger partial charge < -0.3 is 0 Å². The molecule has 0 atom stereocenters. The van der Waals surface area contributed by atoms with Crippen molar-refractivity contribution in [3.63, 3.8) is 0 Å². The van der Waals surface area contributed by atoms with Crippen molar-refractivity contribution in [3.05, 3.63) is 0 Å². The van der Waals surface area contributed by atoms with Crippen LogP contribution in [-0.4, -0.2) is 43.7 Å². The Hall–Kier alpha value is 0.925. The molecular weight excluding hydrogens is 217 g/mol. The van der Waals surface area contributed by atoms with Crippen molar-refractivity contribution in [1.29, 1.82) is 0 Å². The van der Waals surface area contributed by atoms with E-state index in [-0.39, 0.29) is 0 Å². The van der Waals surface area contributed by atoms with Gasteiger partial charge in [0.05, 0.1) is 0 Å². The van der Waals surface area contributed by atoms with E-state index in [2.05, 4.69) is 48.3 Å². The Bertz CT molecular complexity index is 128. The Morgan fingerprint density at radius 1 is 0.533 bits per heavy atom. The fourth-order valence-electron chi connectivity index (χ4n) is 2.35. The Labute approximate surface area is 99.8 Å². The lowest BCUT2D eigenvalue weighted by molar-refractivity contribution is 1.32. The zero-order valence-electron chi connectivity index (χ0n) is 11.7. The average molecular weight is 247 g/mol. The minimum absolute atomic E-state index is 0.686. The number of hydrogen-bond donors (Lipinski definition) is 0. The molecule has 0 aliphatic rings. The minimum atomic E-state index is -0.686. The topological polar surface area (TPSA) is 0 Å². The molecule has 0 spiro atoms. The first-order valence-electron chi connectivity index (χ1n) is 6.66. The van der Waals surface area contributed by atoms with Crippen LogP contribution in [0.4, 0.5) is 0 Å². The largest absolute Gasteiger partial charge is 0.168 e. The third-order valence-electron chi connectivity index (χ3n) is 4.27. The molecule has 0 bridgehead atoms. The van der Waals surface area contributed by atoms with Gasteiger partial charge in [-0.3, -0.25) is 0 Å². The summed E-state index contributed by atoms with van der Waals surface area (Å²) in [5.74, 6) is 0. The molecule has 0 aromatic rings. The van der Waals surface area contributed by atoms with Crippen molar-refractivity contribution in [2.45, 2.75) is 41.5 Å². The number of rotatable bonds is 8. The molecule has 0 N–H and O–H groups in total. The summed E-state index contributed by atoms with van der Waals surface area (Å²) in [4.78, 5) is 0. The van der Waals surface area contributed by atoms with E-state index in [1.165, 1.54) is 37.0 Å². The standard InChI is InChI=1S/C12H30BP2/c1-7-14(8-2,9-3)13-15(10-4,11-5)12-6/h7-12H2,1-6H3/q+1. The molecule has 90 valence electrons. The van der Waals surface area contributed by atoms with Gasteiger partial charge in [0, 0.05) is 37.0 Å². The molecular formula is C12H30BP2+. The van der Waals surface area contributed by atoms with Gasteiger partial charge in [-0.25, -0.2) is 0 Å². The summed E-state index contributed by atoms with van der Waals surface area (Å²) < 4.78 is 0. The van der Waals surface area contributed by atoms with E-state index in [9.17, 15) is 0 Å². The third-order valence-corrected chi connectivity index (χ3v) is 15.7. The molecule has 0 unspecified atom stereocenters. The summed E-state index contributed by atoms with van der Waals surface area (Å²) >= 11 is 0. The Balaban J connectivity index is 4.74. The molecule has 0 heterocycles. The van der Waals surface area contributed by atoms with Crippen LogP contribution in [0.25, 0.3) is 0 Å². The predicted octanol–water partition coefficient (Wildman–Crippen LogP) is 4.68. The van der Waals surface area contributed by atoms with Gasteiger partial charge in [-0.05, 0) is 41.5 Å². The third kappa shape index (κ3) is 4.01. The van der Waals surface area contributed by atoms with Crippen LogP contribution < -0.4 is 0 Å². The van der Waals surface area contributed by atoms with Crippen molar-refractivity contribution in [1.82, 2.24) is 0 Å². The van der Waals surface area contributed by atoms with E-state index >= 15 is 0 Å². The van der Waals surface area contributed by atoms with Gasteiger partial charge in [0.2, 0.25) is 0 Å². The molecule has 0 saturated heterocycles. The van der Waals surface area contributed by atoms with Crippen molar-refractivity contribution in [2.75, 3.05) is 37.0 Å². The highest BCUT2D eigenvalue weighted by atomic mass is 31.2. The van der Waals surface area contributed by atoms with Crippen LogP contribution >= 0.6 is 14.3 Å². The fourth-order valence-corrected chi connectivity index (χ4v) is 13.1. The lowest BCUT2D eigenvalue weighted by Gasteiger charge is -2.42. The normalized spacial score (nSPS) is 13.2. The molecule has 0 rings (SSSR count). The highest BCUT2D eigenvalue weighted by Gasteiger charge is 2.35. The maximum absolute atomic E-state index is 2.93. The smallest absolute Gasteiger partial charge is 0.161 e. The fraction of sp³-hybridized carbons (Fsp3) is 1.00. The van der Waals surface area contributed by atoms with Crippen LogP contribution in [0, 0.1) is 0 Å². The first-order valence-corrected chi connectivity index (χ1v) is 11.5. The van der Waals surface area contributed by atoms with Gasteiger partial charge in [-0.15, -0.1) is 0 Å². The second kappa shape index (κ2) is 7.29. The number of hydrogen-bond acceptors (Lipinski definition) is 0. The molecule has 0 fully saturated rings. The highest BCUT2D eigenvalue weighted by Crippen LogP contribution is 2.71. The summed E-state index contributed by atoms with van der Waals surface area (Å²) in [7, 11) is -1.37. The van der Waals surface area contributed by atoms with Gasteiger partial charge >= 0.3 is 0 Å². The van der Waals surface area contributed by atoms with E-state index in [4.69, 9.17) is 0 Å². The molecule has 3 heteroatoms. The summed E-state index contributed by atoms with van der Waals surface area (Å²) in [6, 6.07) is 0. The maximum Gasteiger partial charge on any atom is 0.168 e. The highest BCUT2D eigenvalue weighted by molar-refractivity contribution is 8.28. The molecule has 0 aromatic heterocycles. The molecule has 15 heavy (non-hydrogen) atoms. The van der Waals surface area contributed by atoms with Crippen molar-refractivity contribution < 1.29 is 0 Å².